The Balaban J connectivity index is 0.00000288. The zero-order chi connectivity index (χ0) is 16.8. The highest BCUT2D eigenvalue weighted by Crippen LogP contribution is 2.17. The average Bonchev–Trinajstić information content (AvgIpc) is 3.02. The van der Waals surface area contributed by atoms with Crippen LogP contribution in [0.1, 0.15) is 50.1 Å². The van der Waals surface area contributed by atoms with E-state index in [1.54, 1.807) is 31.6 Å². The molecule has 2 heterocycles. The number of aromatic nitrogens is 3. The van der Waals surface area contributed by atoms with Gasteiger partial charge in [-0.1, -0.05) is 12.1 Å². The number of nitrogens with zero attached hydrogens (tertiary/aromatic N) is 3. The molecule has 0 saturated carbocycles. The first-order valence-electron chi connectivity index (χ1n) is 8.08. The van der Waals surface area contributed by atoms with E-state index in [0.29, 0.717) is 0 Å². The number of carbonyl (C=O) groups is 2. The minimum Gasteiger partial charge on any atom is -0.463 e. The van der Waals surface area contributed by atoms with Crippen molar-refractivity contribution in [2.24, 2.45) is 5.92 Å². The molecule has 1 aliphatic rings. The molecule has 9 heteroatoms. The zero-order valence-corrected chi connectivity index (χ0v) is 15.1. The maximum atomic E-state index is 12.1. The summed E-state index contributed by atoms with van der Waals surface area (Å²) >= 11 is 0. The van der Waals surface area contributed by atoms with E-state index in [0.717, 1.165) is 25.9 Å². The predicted octanol–water partition coefficient (Wildman–Crippen LogP) is 0.942. The summed E-state index contributed by atoms with van der Waals surface area (Å²) in [6.45, 7) is 7.41. The lowest BCUT2D eigenvalue weighted by atomic mass is 10.1. The fourth-order valence-electron chi connectivity index (χ4n) is 2.40. The summed E-state index contributed by atoms with van der Waals surface area (Å²) in [6.07, 6.45) is 3.46. The van der Waals surface area contributed by atoms with Crippen molar-refractivity contribution < 1.29 is 14.3 Å². The second kappa shape index (κ2) is 9.58. The van der Waals surface area contributed by atoms with Crippen molar-refractivity contribution >= 4 is 24.3 Å². The standard InChI is InChI=1S/C15H25N5O3.ClH/c1-10(2)23-15(22)11(3)8-17-14(21)13-9-20(19-18-13)12-4-6-16-7-5-12;/h9-12,16H,4-8H2,1-3H3,(H,17,21);1H. The summed E-state index contributed by atoms with van der Waals surface area (Å²) in [4.78, 5) is 23.8. The number of esters is 1. The van der Waals surface area contributed by atoms with Crippen molar-refractivity contribution in [3.8, 4) is 0 Å². The van der Waals surface area contributed by atoms with Gasteiger partial charge in [0.2, 0.25) is 0 Å². The van der Waals surface area contributed by atoms with E-state index in [-0.39, 0.29) is 48.7 Å². The van der Waals surface area contributed by atoms with Crippen LogP contribution in [0.2, 0.25) is 0 Å². The Kier molecular flexibility index (Phi) is 8.14. The topological polar surface area (TPSA) is 98.1 Å². The van der Waals surface area contributed by atoms with Gasteiger partial charge in [-0.3, -0.25) is 9.59 Å². The Morgan fingerprint density at radius 3 is 2.67 bits per heavy atom. The van der Waals surface area contributed by atoms with E-state index in [1.165, 1.54) is 0 Å². The van der Waals surface area contributed by atoms with Crippen LogP contribution < -0.4 is 10.6 Å². The third kappa shape index (κ3) is 5.76. The second-order valence-electron chi connectivity index (χ2n) is 6.16. The Morgan fingerprint density at radius 1 is 1.38 bits per heavy atom. The van der Waals surface area contributed by atoms with E-state index in [9.17, 15) is 9.59 Å². The van der Waals surface area contributed by atoms with Crippen molar-refractivity contribution in [3.63, 3.8) is 0 Å². The highest BCUT2D eigenvalue weighted by molar-refractivity contribution is 5.92. The Morgan fingerprint density at radius 2 is 2.04 bits per heavy atom. The first-order chi connectivity index (χ1) is 11.0. The number of ether oxygens (including phenoxy) is 1. The number of carbonyl (C=O) groups excluding carboxylic acids is 2. The largest absolute Gasteiger partial charge is 0.463 e. The van der Waals surface area contributed by atoms with Gasteiger partial charge in [0.1, 0.15) is 0 Å². The monoisotopic (exact) mass is 359 g/mol. The van der Waals surface area contributed by atoms with Gasteiger partial charge in [0.25, 0.3) is 5.91 Å². The van der Waals surface area contributed by atoms with Gasteiger partial charge in [0.05, 0.1) is 24.3 Å². The molecule has 1 aromatic heterocycles. The molecule has 0 aliphatic carbocycles. The van der Waals surface area contributed by atoms with Crippen molar-refractivity contribution in [1.82, 2.24) is 25.6 Å². The van der Waals surface area contributed by atoms with E-state index in [4.69, 9.17) is 4.74 Å². The maximum absolute atomic E-state index is 12.1. The van der Waals surface area contributed by atoms with Crippen LogP contribution in [0.4, 0.5) is 0 Å². The Labute approximate surface area is 148 Å². The molecule has 0 radical (unpaired) electrons. The Hall–Kier alpha value is -1.67. The van der Waals surface area contributed by atoms with Crippen LogP contribution in [0.15, 0.2) is 6.20 Å². The fourth-order valence-corrected chi connectivity index (χ4v) is 2.40. The molecule has 1 saturated heterocycles. The summed E-state index contributed by atoms with van der Waals surface area (Å²) in [5.41, 5.74) is 0.271. The number of piperidine rings is 1. The molecule has 1 aliphatic heterocycles. The van der Waals surface area contributed by atoms with E-state index < -0.39 is 5.92 Å². The molecule has 136 valence electrons. The first-order valence-corrected chi connectivity index (χ1v) is 8.08. The number of halogens is 1. The lowest BCUT2D eigenvalue weighted by Gasteiger charge is -2.22. The van der Waals surface area contributed by atoms with Gasteiger partial charge < -0.3 is 15.4 Å². The van der Waals surface area contributed by atoms with Gasteiger partial charge in [0, 0.05) is 6.54 Å². The fraction of sp³-hybridized carbons (Fsp3) is 0.733. The van der Waals surface area contributed by atoms with Crippen LogP contribution in [-0.2, 0) is 9.53 Å². The van der Waals surface area contributed by atoms with Gasteiger partial charge in [-0.2, -0.15) is 0 Å². The molecule has 0 bridgehead atoms. The molecule has 1 unspecified atom stereocenters. The smallest absolute Gasteiger partial charge is 0.310 e. The van der Waals surface area contributed by atoms with E-state index in [1.807, 2.05) is 0 Å². The molecular weight excluding hydrogens is 334 g/mol. The normalized spacial score (nSPS) is 16.3. The molecule has 1 fully saturated rings. The summed E-state index contributed by atoms with van der Waals surface area (Å²) in [5.74, 6) is -1.05. The van der Waals surface area contributed by atoms with Gasteiger partial charge in [0.15, 0.2) is 5.69 Å². The van der Waals surface area contributed by atoms with Crippen LogP contribution in [0.25, 0.3) is 0 Å². The number of nitrogens with one attached hydrogen (secondary N) is 2. The van der Waals surface area contributed by atoms with Crippen LogP contribution in [0.5, 0.6) is 0 Å². The molecule has 0 aromatic carbocycles. The van der Waals surface area contributed by atoms with Crippen LogP contribution in [0.3, 0.4) is 0 Å². The third-order valence-corrected chi connectivity index (χ3v) is 3.75. The Bertz CT molecular complexity index is 543. The maximum Gasteiger partial charge on any atom is 0.310 e. The van der Waals surface area contributed by atoms with E-state index in [2.05, 4.69) is 20.9 Å². The lowest BCUT2D eigenvalue weighted by molar-refractivity contribution is -0.151. The zero-order valence-electron chi connectivity index (χ0n) is 14.3. The van der Waals surface area contributed by atoms with Crippen LogP contribution in [-0.4, -0.2) is 52.6 Å². The molecular formula is C15H26ClN5O3. The SMILES string of the molecule is CC(C)OC(=O)C(C)CNC(=O)c1cn(C2CCNCC2)nn1.Cl. The van der Waals surface area contributed by atoms with Crippen LogP contribution >= 0.6 is 12.4 Å². The lowest BCUT2D eigenvalue weighted by Crippen LogP contribution is -2.33. The highest BCUT2D eigenvalue weighted by Gasteiger charge is 2.20. The van der Waals surface area contributed by atoms with Gasteiger partial charge in [-0.15, -0.1) is 17.5 Å². The van der Waals surface area contributed by atoms with E-state index >= 15 is 0 Å². The molecule has 24 heavy (non-hydrogen) atoms. The molecule has 1 aromatic rings. The minimum atomic E-state index is -0.402. The van der Waals surface area contributed by atoms with Crippen molar-refractivity contribution in [3.05, 3.63) is 11.9 Å². The highest BCUT2D eigenvalue weighted by atomic mass is 35.5. The van der Waals surface area contributed by atoms with Gasteiger partial charge in [-0.05, 0) is 39.8 Å². The average molecular weight is 360 g/mol. The second-order valence-corrected chi connectivity index (χ2v) is 6.16. The number of amides is 1. The molecule has 0 spiro atoms. The minimum absolute atomic E-state index is 0. The predicted molar refractivity (Wildman–Crippen MR) is 91.1 cm³/mol. The molecule has 2 N–H and O–H groups in total. The number of hydrogen-bond donors (Lipinski definition) is 2. The first kappa shape index (κ1) is 20.4. The molecule has 1 atom stereocenters. The van der Waals surface area contributed by atoms with Gasteiger partial charge in [-0.25, -0.2) is 4.68 Å². The van der Waals surface area contributed by atoms with Crippen LogP contribution in [0, 0.1) is 5.92 Å². The summed E-state index contributed by atoms with van der Waals surface area (Å²) < 4.78 is 6.86. The molecule has 1 amide bonds. The van der Waals surface area contributed by atoms with Crippen molar-refractivity contribution in [2.75, 3.05) is 19.6 Å². The van der Waals surface area contributed by atoms with Crippen molar-refractivity contribution in [2.45, 2.75) is 45.8 Å². The van der Waals surface area contributed by atoms with Gasteiger partial charge >= 0.3 is 5.97 Å². The number of rotatable bonds is 6. The summed E-state index contributed by atoms with van der Waals surface area (Å²) in [7, 11) is 0. The third-order valence-electron chi connectivity index (χ3n) is 3.75. The summed E-state index contributed by atoms with van der Waals surface area (Å²) in [5, 5.41) is 14.0. The molecule has 8 nitrogen and oxygen atoms in total. The quantitative estimate of drug-likeness (QED) is 0.733. The summed E-state index contributed by atoms with van der Waals surface area (Å²) in [6, 6.07) is 0.283. The molecule has 2 rings (SSSR count). The van der Waals surface area contributed by atoms with Crippen molar-refractivity contribution in [1.29, 1.82) is 0 Å². The number of hydrogen-bond acceptors (Lipinski definition) is 6.